The Morgan fingerprint density at radius 2 is 1.00 bits per heavy atom. The quantitative estimate of drug-likeness (QED) is 0.184. The zero-order valence-electron chi connectivity index (χ0n) is 26.3. The molecule has 4 bridgehead atoms. The second-order valence-corrected chi connectivity index (χ2v) is 17.1. The summed E-state index contributed by atoms with van der Waals surface area (Å²) < 4.78 is 0. The Hall–Kier alpha value is -2.66. The molecule has 9 rings (SSSR count). The Bertz CT molecular complexity index is 1770. The number of hydrogen-bond donors (Lipinski definition) is 0. The van der Waals surface area contributed by atoms with Crippen molar-refractivity contribution >= 4 is 40.3 Å². The van der Waals surface area contributed by atoms with Crippen LogP contribution in [0.15, 0.2) is 97.1 Å². The van der Waals surface area contributed by atoms with Gasteiger partial charge in [0, 0.05) is 15.9 Å². The lowest BCUT2D eigenvalue weighted by atomic mass is 9.42. The van der Waals surface area contributed by atoms with Crippen LogP contribution in [-0.4, -0.2) is 9.97 Å². The van der Waals surface area contributed by atoms with E-state index in [4.69, 9.17) is 9.97 Å². The van der Waals surface area contributed by atoms with Crippen molar-refractivity contribution in [2.75, 3.05) is 0 Å². The second kappa shape index (κ2) is 10.2. The number of aromatic nitrogens is 2. The Labute approximate surface area is 267 Å². The fourth-order valence-corrected chi connectivity index (χ4v) is 11.4. The standard InChI is InChI=1S/C40H44N2P2/c1-37(2,3)40(44,38-23-26-20-27(24-38)22-28(21-26)25-38)32-13-7-6-12-31(32)39(43,35-18-16-29-10-4-8-14-33(29)41-35)36-19-17-30-11-5-9-15-34(30)42-36/h4-19,26-28H,20-25,43-44H2,1-3H3. The summed E-state index contributed by atoms with van der Waals surface area (Å²) in [5, 5.41) is 1.57. The summed E-state index contributed by atoms with van der Waals surface area (Å²) in [7, 11) is 6.88. The van der Waals surface area contributed by atoms with Gasteiger partial charge in [0.05, 0.1) is 27.6 Å². The minimum atomic E-state index is -0.639. The van der Waals surface area contributed by atoms with Crippen molar-refractivity contribution in [2.24, 2.45) is 28.6 Å². The number of rotatable bonds is 5. The molecule has 3 atom stereocenters. The maximum absolute atomic E-state index is 5.39. The molecule has 5 aromatic rings. The first kappa shape index (κ1) is 28.8. The summed E-state index contributed by atoms with van der Waals surface area (Å²) in [5.41, 5.74) is 7.11. The Morgan fingerprint density at radius 1 is 0.568 bits per heavy atom. The third kappa shape index (κ3) is 4.20. The maximum Gasteiger partial charge on any atom is 0.0936 e. The molecule has 224 valence electrons. The summed E-state index contributed by atoms with van der Waals surface area (Å²) in [4.78, 5) is 10.8. The Morgan fingerprint density at radius 3 is 1.48 bits per heavy atom. The fraction of sp³-hybridized carbons (Fsp3) is 0.400. The molecule has 0 radical (unpaired) electrons. The lowest BCUT2D eigenvalue weighted by molar-refractivity contribution is -0.101. The average Bonchev–Trinajstić information content (AvgIpc) is 3.02. The molecule has 2 nitrogen and oxygen atoms in total. The highest BCUT2D eigenvalue weighted by atomic mass is 31.0. The molecule has 3 aromatic carbocycles. The van der Waals surface area contributed by atoms with E-state index < -0.39 is 5.16 Å². The fourth-order valence-electron chi connectivity index (χ4n) is 10.2. The molecule has 3 unspecified atom stereocenters. The molecule has 0 saturated heterocycles. The van der Waals surface area contributed by atoms with Crippen molar-refractivity contribution in [1.29, 1.82) is 0 Å². The molecule has 0 spiro atoms. The van der Waals surface area contributed by atoms with Crippen molar-refractivity contribution in [3.05, 3.63) is 120 Å². The Kier molecular flexibility index (Phi) is 6.66. The van der Waals surface area contributed by atoms with Gasteiger partial charge in [-0.2, -0.15) is 0 Å². The SMILES string of the molecule is CC(C)(C)C(P)(c1ccccc1C(P)(c1ccc2ccccc2n1)c1ccc2ccccc2n1)C12CC3CC(CC(C3)C1)C2. The van der Waals surface area contributed by atoms with E-state index in [1.165, 1.54) is 49.7 Å². The first-order valence-corrected chi connectivity index (χ1v) is 17.7. The van der Waals surface area contributed by atoms with Gasteiger partial charge in [0.15, 0.2) is 0 Å². The Balaban J connectivity index is 1.41. The van der Waals surface area contributed by atoms with Crippen LogP contribution >= 0.6 is 18.5 Å². The van der Waals surface area contributed by atoms with Crippen LogP contribution in [0.1, 0.15) is 81.8 Å². The monoisotopic (exact) mass is 614 g/mol. The number of pyridine rings is 2. The van der Waals surface area contributed by atoms with Gasteiger partial charge in [-0.25, -0.2) is 0 Å². The van der Waals surface area contributed by atoms with E-state index in [1.54, 1.807) is 0 Å². The van der Waals surface area contributed by atoms with E-state index in [0.29, 0.717) is 0 Å². The largest absolute Gasteiger partial charge is 0.251 e. The van der Waals surface area contributed by atoms with Crippen molar-refractivity contribution in [1.82, 2.24) is 9.97 Å². The van der Waals surface area contributed by atoms with E-state index in [9.17, 15) is 0 Å². The molecule has 0 N–H and O–H groups in total. The number of benzene rings is 3. The summed E-state index contributed by atoms with van der Waals surface area (Å²) in [6, 6.07) is 35.2. The van der Waals surface area contributed by atoms with E-state index in [-0.39, 0.29) is 16.0 Å². The third-order valence-corrected chi connectivity index (χ3v) is 14.5. The predicted molar refractivity (Wildman–Crippen MR) is 191 cm³/mol. The lowest BCUT2D eigenvalue weighted by Gasteiger charge is -2.67. The first-order valence-electron chi connectivity index (χ1n) is 16.5. The van der Waals surface area contributed by atoms with Crippen LogP contribution in [-0.2, 0) is 10.3 Å². The predicted octanol–water partition coefficient (Wildman–Crippen LogP) is 10.3. The van der Waals surface area contributed by atoms with Crippen LogP contribution < -0.4 is 0 Å². The number of hydrogen-bond acceptors (Lipinski definition) is 2. The molecule has 4 heteroatoms. The molecular weight excluding hydrogens is 570 g/mol. The molecular formula is C40H44N2P2. The molecule has 4 saturated carbocycles. The zero-order chi connectivity index (χ0) is 30.3. The smallest absolute Gasteiger partial charge is 0.0936 e. The highest BCUT2D eigenvalue weighted by molar-refractivity contribution is 7.19. The van der Waals surface area contributed by atoms with Crippen molar-refractivity contribution in [3.63, 3.8) is 0 Å². The molecule has 44 heavy (non-hydrogen) atoms. The number of para-hydroxylation sites is 2. The van der Waals surface area contributed by atoms with Gasteiger partial charge < -0.3 is 0 Å². The van der Waals surface area contributed by atoms with Gasteiger partial charge >= 0.3 is 0 Å². The van der Waals surface area contributed by atoms with Gasteiger partial charge in [-0.1, -0.05) is 93.6 Å². The normalized spacial score (nSPS) is 26.2. The van der Waals surface area contributed by atoms with E-state index in [2.05, 4.69) is 136 Å². The summed E-state index contributed by atoms with van der Waals surface area (Å²) in [5.74, 6) is 2.63. The van der Waals surface area contributed by atoms with Gasteiger partial charge in [0.25, 0.3) is 0 Å². The van der Waals surface area contributed by atoms with Crippen LogP contribution in [0.25, 0.3) is 21.8 Å². The minimum Gasteiger partial charge on any atom is -0.251 e. The van der Waals surface area contributed by atoms with Gasteiger partial charge in [-0.3, -0.25) is 9.97 Å². The third-order valence-electron chi connectivity index (χ3n) is 11.8. The van der Waals surface area contributed by atoms with Gasteiger partial charge in [0.2, 0.25) is 0 Å². The number of nitrogens with zero attached hydrogens (tertiary/aromatic N) is 2. The number of fused-ring (bicyclic) bond motifs is 2. The lowest BCUT2D eigenvalue weighted by Crippen LogP contribution is -2.59. The van der Waals surface area contributed by atoms with E-state index >= 15 is 0 Å². The van der Waals surface area contributed by atoms with Crippen LogP contribution in [0.3, 0.4) is 0 Å². The van der Waals surface area contributed by atoms with E-state index in [1.807, 2.05) is 0 Å². The molecule has 4 aliphatic carbocycles. The zero-order valence-corrected chi connectivity index (χ0v) is 28.6. The first-order chi connectivity index (χ1) is 21.1. The van der Waals surface area contributed by atoms with Crippen LogP contribution in [0.4, 0.5) is 0 Å². The van der Waals surface area contributed by atoms with Crippen LogP contribution in [0.5, 0.6) is 0 Å². The van der Waals surface area contributed by atoms with Gasteiger partial charge in [-0.05, 0) is 103 Å². The van der Waals surface area contributed by atoms with E-state index in [0.717, 1.165) is 50.9 Å². The second-order valence-electron chi connectivity index (χ2n) is 15.4. The van der Waals surface area contributed by atoms with Crippen molar-refractivity contribution in [2.45, 2.75) is 69.6 Å². The van der Waals surface area contributed by atoms with Crippen molar-refractivity contribution in [3.8, 4) is 0 Å². The highest BCUT2D eigenvalue weighted by Gasteiger charge is 2.63. The molecule has 2 heterocycles. The van der Waals surface area contributed by atoms with Gasteiger partial charge in [-0.15, -0.1) is 18.5 Å². The average molecular weight is 615 g/mol. The van der Waals surface area contributed by atoms with Gasteiger partial charge in [0.1, 0.15) is 0 Å². The summed E-state index contributed by atoms with van der Waals surface area (Å²) in [6.07, 6.45) is 8.38. The molecule has 4 fully saturated rings. The molecule has 2 aromatic heterocycles. The van der Waals surface area contributed by atoms with Crippen molar-refractivity contribution < 1.29 is 0 Å². The van der Waals surface area contributed by atoms with Crippen LogP contribution in [0, 0.1) is 28.6 Å². The molecule has 0 amide bonds. The minimum absolute atomic E-state index is 0.0264. The molecule has 0 aliphatic heterocycles. The maximum atomic E-state index is 5.39. The summed E-state index contributed by atoms with van der Waals surface area (Å²) in [6.45, 7) is 7.47. The van der Waals surface area contributed by atoms with Crippen LogP contribution in [0.2, 0.25) is 0 Å². The highest BCUT2D eigenvalue weighted by Crippen LogP contribution is 2.73. The topological polar surface area (TPSA) is 25.8 Å². The molecule has 4 aliphatic rings. The summed E-state index contributed by atoms with van der Waals surface area (Å²) >= 11 is 0.